The van der Waals surface area contributed by atoms with E-state index in [1.54, 1.807) is 12.1 Å². The average molecular weight is 680 g/mol. The lowest BCUT2D eigenvalue weighted by Crippen LogP contribution is -2.01. The molecule has 0 N–H and O–H groups in total. The molecule has 0 radical (unpaired) electrons. The third kappa shape index (κ3) is 13.3. The standard InChI is InChI=1S/C42H53N3O5/c1-3-5-7-9-11-13-15-17-31-48-38-28-26-36(27-29-38)41-43-42(50-44-41)37-24-21-34(22-25-37)19-20-35-23-30-40(39(33-35)45(46)47)49-32-18-16-14-12-10-8-6-4-2/h21-30,33H,3-18,31-32H2,1-2H3. The summed E-state index contributed by atoms with van der Waals surface area (Å²) in [6.45, 7) is 5.66. The SMILES string of the molecule is CCCCCCCCCCOc1ccc(-c2noc(-c3ccc(C#Cc4ccc(OCCCCCCCCCC)c([N+](=O)[O-])c4)cc3)n2)cc1. The molecular formula is C42H53N3O5. The Morgan fingerprint density at radius 1 is 0.640 bits per heavy atom. The van der Waals surface area contributed by atoms with Crippen molar-refractivity contribution >= 4 is 5.69 Å². The molecule has 0 spiro atoms. The first kappa shape index (κ1) is 38.2. The molecule has 0 fully saturated rings. The van der Waals surface area contributed by atoms with Crippen molar-refractivity contribution in [2.24, 2.45) is 0 Å². The quantitative estimate of drug-likeness (QED) is 0.0333. The highest BCUT2D eigenvalue weighted by molar-refractivity contribution is 5.61. The zero-order chi connectivity index (χ0) is 35.2. The molecule has 8 nitrogen and oxygen atoms in total. The number of hydrogen-bond donors (Lipinski definition) is 0. The van der Waals surface area contributed by atoms with Crippen LogP contribution in [0.4, 0.5) is 5.69 Å². The van der Waals surface area contributed by atoms with E-state index in [1.807, 2.05) is 48.5 Å². The largest absolute Gasteiger partial charge is 0.494 e. The van der Waals surface area contributed by atoms with Gasteiger partial charge >= 0.3 is 5.69 Å². The van der Waals surface area contributed by atoms with Crippen LogP contribution in [0.3, 0.4) is 0 Å². The van der Waals surface area contributed by atoms with Gasteiger partial charge in [-0.25, -0.2) is 0 Å². The van der Waals surface area contributed by atoms with Crippen LogP contribution in [0.25, 0.3) is 22.8 Å². The predicted octanol–water partition coefficient (Wildman–Crippen LogP) is 11.8. The molecule has 50 heavy (non-hydrogen) atoms. The Hall–Kier alpha value is -4.64. The van der Waals surface area contributed by atoms with E-state index in [9.17, 15) is 10.1 Å². The summed E-state index contributed by atoms with van der Waals surface area (Å²) in [5, 5.41) is 15.9. The summed E-state index contributed by atoms with van der Waals surface area (Å²) in [6, 6.07) is 20.1. The average Bonchev–Trinajstić information content (AvgIpc) is 3.64. The summed E-state index contributed by atoms with van der Waals surface area (Å²) in [4.78, 5) is 15.9. The smallest absolute Gasteiger partial charge is 0.312 e. The Balaban J connectivity index is 1.23. The Morgan fingerprint density at radius 2 is 1.16 bits per heavy atom. The monoisotopic (exact) mass is 679 g/mol. The third-order valence-corrected chi connectivity index (χ3v) is 8.70. The second-order valence-corrected chi connectivity index (χ2v) is 12.9. The molecule has 0 atom stereocenters. The molecular weight excluding hydrogens is 626 g/mol. The highest BCUT2D eigenvalue weighted by Crippen LogP contribution is 2.29. The number of rotatable bonds is 23. The van der Waals surface area contributed by atoms with Crippen LogP contribution in [0.1, 0.15) is 128 Å². The second kappa shape index (κ2) is 22.2. The van der Waals surface area contributed by atoms with Gasteiger partial charge in [-0.1, -0.05) is 121 Å². The van der Waals surface area contributed by atoms with E-state index in [0.29, 0.717) is 23.9 Å². The molecule has 3 aromatic carbocycles. The fourth-order valence-corrected chi connectivity index (χ4v) is 5.70. The van der Waals surface area contributed by atoms with Crippen molar-refractivity contribution in [2.45, 2.75) is 117 Å². The minimum atomic E-state index is -0.414. The third-order valence-electron chi connectivity index (χ3n) is 8.70. The van der Waals surface area contributed by atoms with E-state index in [4.69, 9.17) is 14.0 Å². The lowest BCUT2D eigenvalue weighted by molar-refractivity contribution is -0.385. The van der Waals surface area contributed by atoms with Crippen molar-refractivity contribution in [3.63, 3.8) is 0 Å². The van der Waals surface area contributed by atoms with Gasteiger partial charge in [0.1, 0.15) is 5.75 Å². The summed E-state index contributed by atoms with van der Waals surface area (Å²) in [5.74, 6) is 8.16. The lowest BCUT2D eigenvalue weighted by Gasteiger charge is -2.07. The predicted molar refractivity (Wildman–Crippen MR) is 200 cm³/mol. The van der Waals surface area contributed by atoms with Gasteiger partial charge in [0.2, 0.25) is 5.82 Å². The van der Waals surface area contributed by atoms with Crippen LogP contribution in [-0.4, -0.2) is 28.3 Å². The van der Waals surface area contributed by atoms with Crippen molar-refractivity contribution in [3.8, 4) is 46.2 Å². The van der Waals surface area contributed by atoms with Gasteiger partial charge < -0.3 is 14.0 Å². The maximum absolute atomic E-state index is 11.7. The number of benzene rings is 3. The lowest BCUT2D eigenvalue weighted by atomic mass is 10.1. The zero-order valence-electron chi connectivity index (χ0n) is 30.0. The Kier molecular flexibility index (Phi) is 16.9. The number of aromatic nitrogens is 2. The summed E-state index contributed by atoms with van der Waals surface area (Å²) in [5.41, 5.74) is 2.86. The first-order valence-corrected chi connectivity index (χ1v) is 18.7. The van der Waals surface area contributed by atoms with Crippen LogP contribution in [0.15, 0.2) is 71.3 Å². The molecule has 4 rings (SSSR count). The number of nitro benzene ring substituents is 1. The minimum Gasteiger partial charge on any atom is -0.494 e. The molecule has 0 aliphatic heterocycles. The summed E-state index contributed by atoms with van der Waals surface area (Å²) < 4.78 is 17.2. The normalized spacial score (nSPS) is 10.8. The maximum atomic E-state index is 11.7. The molecule has 8 heteroatoms. The number of hydrogen-bond acceptors (Lipinski definition) is 7. The molecule has 0 aliphatic carbocycles. The highest BCUT2D eigenvalue weighted by Gasteiger charge is 2.16. The van der Waals surface area contributed by atoms with Gasteiger partial charge in [0.25, 0.3) is 5.89 Å². The first-order valence-electron chi connectivity index (χ1n) is 18.7. The molecule has 1 aromatic heterocycles. The van der Waals surface area contributed by atoms with Gasteiger partial charge in [-0.05, 0) is 73.5 Å². The van der Waals surface area contributed by atoms with Crippen LogP contribution in [-0.2, 0) is 0 Å². The first-order chi connectivity index (χ1) is 24.6. The molecule has 1 heterocycles. The highest BCUT2D eigenvalue weighted by atomic mass is 16.6. The Morgan fingerprint density at radius 3 is 1.76 bits per heavy atom. The van der Waals surface area contributed by atoms with Crippen LogP contribution in [0.2, 0.25) is 0 Å². The number of nitro groups is 1. The summed E-state index contributed by atoms with van der Waals surface area (Å²) >= 11 is 0. The number of nitrogens with zero attached hydrogens (tertiary/aromatic N) is 3. The molecule has 0 bridgehead atoms. The molecule has 266 valence electrons. The topological polar surface area (TPSA) is 101 Å². The molecule has 0 amide bonds. The van der Waals surface area contributed by atoms with Gasteiger partial charge in [0.15, 0.2) is 5.75 Å². The van der Waals surface area contributed by atoms with Crippen molar-refractivity contribution in [3.05, 3.63) is 88.0 Å². The van der Waals surface area contributed by atoms with Gasteiger partial charge in [0.05, 0.1) is 18.1 Å². The summed E-state index contributed by atoms with van der Waals surface area (Å²) in [6.07, 6.45) is 19.7. The van der Waals surface area contributed by atoms with Gasteiger partial charge in [0, 0.05) is 28.3 Å². The second-order valence-electron chi connectivity index (χ2n) is 12.9. The van der Waals surface area contributed by atoms with E-state index in [2.05, 4.69) is 35.8 Å². The van der Waals surface area contributed by atoms with E-state index >= 15 is 0 Å². The van der Waals surface area contributed by atoms with Crippen molar-refractivity contribution in [1.29, 1.82) is 0 Å². The maximum Gasteiger partial charge on any atom is 0.312 e. The Labute approximate surface area is 298 Å². The van der Waals surface area contributed by atoms with Crippen LogP contribution in [0.5, 0.6) is 11.5 Å². The minimum absolute atomic E-state index is 0.0696. The number of ether oxygens (including phenoxy) is 2. The zero-order valence-corrected chi connectivity index (χ0v) is 30.0. The van der Waals surface area contributed by atoms with Crippen molar-refractivity contribution in [1.82, 2.24) is 10.1 Å². The van der Waals surface area contributed by atoms with Gasteiger partial charge in [-0.2, -0.15) is 4.98 Å². The molecule has 0 saturated heterocycles. The van der Waals surface area contributed by atoms with Crippen molar-refractivity contribution < 1.29 is 18.9 Å². The Bertz CT molecular complexity index is 1620. The van der Waals surface area contributed by atoms with Crippen LogP contribution in [0, 0.1) is 22.0 Å². The molecule has 0 saturated carbocycles. The molecule has 0 aliphatic rings. The fraction of sp³-hybridized carbons (Fsp3) is 0.476. The fourth-order valence-electron chi connectivity index (χ4n) is 5.70. The van der Waals surface area contributed by atoms with E-state index in [1.165, 1.54) is 89.5 Å². The van der Waals surface area contributed by atoms with Crippen LogP contribution < -0.4 is 9.47 Å². The van der Waals surface area contributed by atoms with Gasteiger partial charge in [-0.15, -0.1) is 0 Å². The summed E-state index contributed by atoms with van der Waals surface area (Å²) in [7, 11) is 0. The van der Waals surface area contributed by atoms with E-state index < -0.39 is 4.92 Å². The molecule has 4 aromatic rings. The van der Waals surface area contributed by atoms with E-state index in [0.717, 1.165) is 48.3 Å². The number of unbranched alkanes of at least 4 members (excludes halogenated alkanes) is 14. The van der Waals surface area contributed by atoms with Crippen molar-refractivity contribution in [2.75, 3.05) is 13.2 Å². The van der Waals surface area contributed by atoms with Crippen LogP contribution >= 0.6 is 0 Å². The van der Waals surface area contributed by atoms with E-state index in [-0.39, 0.29) is 11.4 Å². The molecule has 0 unspecified atom stereocenters. The van der Waals surface area contributed by atoms with Gasteiger partial charge in [-0.3, -0.25) is 10.1 Å².